The summed E-state index contributed by atoms with van der Waals surface area (Å²) in [6, 6.07) is 16.1. The molecule has 2 amide bonds. The van der Waals surface area contributed by atoms with Gasteiger partial charge in [0.25, 0.3) is 5.91 Å². The molecule has 0 radical (unpaired) electrons. The summed E-state index contributed by atoms with van der Waals surface area (Å²) in [7, 11) is 0. The maximum Gasteiger partial charge on any atom is 0.257 e. The van der Waals surface area contributed by atoms with Crippen LogP contribution in [-0.2, 0) is 4.79 Å². The molecule has 26 heavy (non-hydrogen) atoms. The van der Waals surface area contributed by atoms with Crippen molar-refractivity contribution in [2.24, 2.45) is 5.73 Å². The Balaban J connectivity index is 1.63. The fourth-order valence-corrected chi connectivity index (χ4v) is 2.85. The van der Waals surface area contributed by atoms with Crippen molar-refractivity contribution in [3.63, 3.8) is 0 Å². The fourth-order valence-electron chi connectivity index (χ4n) is 2.85. The summed E-state index contributed by atoms with van der Waals surface area (Å²) in [5, 5.41) is 5.90. The number of furan rings is 1. The van der Waals surface area contributed by atoms with Gasteiger partial charge in [0.1, 0.15) is 5.76 Å². The number of nitrogens with two attached hydrogens (primary N) is 1. The number of hydrogen-bond donors (Lipinski definition) is 3. The van der Waals surface area contributed by atoms with Crippen molar-refractivity contribution in [3.05, 3.63) is 78.2 Å². The van der Waals surface area contributed by atoms with E-state index < -0.39 is 5.91 Å². The lowest BCUT2D eigenvalue weighted by molar-refractivity contribution is -0.110. The van der Waals surface area contributed by atoms with Gasteiger partial charge in [0, 0.05) is 34.3 Å². The van der Waals surface area contributed by atoms with E-state index >= 15 is 0 Å². The van der Waals surface area contributed by atoms with E-state index in [9.17, 15) is 9.59 Å². The van der Waals surface area contributed by atoms with Crippen molar-refractivity contribution in [2.75, 3.05) is 10.6 Å². The molecule has 1 aliphatic rings. The predicted molar refractivity (Wildman–Crippen MR) is 99.3 cm³/mol. The molecule has 0 spiro atoms. The average molecular weight is 345 g/mol. The zero-order chi connectivity index (χ0) is 18.1. The van der Waals surface area contributed by atoms with E-state index in [1.54, 1.807) is 36.7 Å². The first-order chi connectivity index (χ1) is 12.6. The van der Waals surface area contributed by atoms with Crippen LogP contribution in [0.2, 0.25) is 0 Å². The number of anilines is 2. The van der Waals surface area contributed by atoms with Gasteiger partial charge in [-0.3, -0.25) is 9.59 Å². The molecular weight excluding hydrogens is 330 g/mol. The Labute approximate surface area is 149 Å². The molecule has 2 aromatic carbocycles. The smallest absolute Gasteiger partial charge is 0.257 e. The summed E-state index contributed by atoms with van der Waals surface area (Å²) in [6.07, 6.45) is 3.23. The second kappa shape index (κ2) is 6.25. The first-order valence-corrected chi connectivity index (χ1v) is 7.98. The van der Waals surface area contributed by atoms with Crippen LogP contribution in [0.15, 0.2) is 71.5 Å². The van der Waals surface area contributed by atoms with E-state index in [-0.39, 0.29) is 5.91 Å². The maximum atomic E-state index is 12.3. The monoisotopic (exact) mass is 345 g/mol. The Morgan fingerprint density at radius 2 is 2.00 bits per heavy atom. The van der Waals surface area contributed by atoms with Gasteiger partial charge >= 0.3 is 0 Å². The number of rotatable bonds is 4. The van der Waals surface area contributed by atoms with Crippen molar-refractivity contribution in [2.45, 2.75) is 0 Å². The largest absolute Gasteiger partial charge is 0.464 e. The molecule has 0 atom stereocenters. The van der Waals surface area contributed by atoms with Crippen LogP contribution in [0.5, 0.6) is 0 Å². The van der Waals surface area contributed by atoms with Gasteiger partial charge in [-0.1, -0.05) is 18.2 Å². The molecule has 0 unspecified atom stereocenters. The number of carbonyl (C=O) groups excluding carboxylic acids is 2. The van der Waals surface area contributed by atoms with Crippen LogP contribution in [0.4, 0.5) is 11.4 Å². The first-order valence-electron chi connectivity index (χ1n) is 7.98. The molecule has 128 valence electrons. The van der Waals surface area contributed by atoms with Crippen molar-refractivity contribution >= 4 is 28.8 Å². The molecule has 1 aliphatic heterocycles. The van der Waals surface area contributed by atoms with Gasteiger partial charge in [0.15, 0.2) is 0 Å². The van der Waals surface area contributed by atoms with Gasteiger partial charge in [0.05, 0.1) is 11.8 Å². The Bertz CT molecular complexity index is 1040. The molecule has 0 fully saturated rings. The molecular formula is C20H15N3O3. The zero-order valence-electron chi connectivity index (χ0n) is 13.7. The minimum Gasteiger partial charge on any atom is -0.464 e. The van der Waals surface area contributed by atoms with Crippen LogP contribution in [0.25, 0.3) is 16.9 Å². The third kappa shape index (κ3) is 2.84. The summed E-state index contributed by atoms with van der Waals surface area (Å²) >= 11 is 0. The molecule has 0 bridgehead atoms. The predicted octanol–water partition coefficient (Wildman–Crippen LogP) is 3.45. The molecule has 4 N–H and O–H groups in total. The summed E-state index contributed by atoms with van der Waals surface area (Å²) in [5.41, 5.74) is 9.27. The van der Waals surface area contributed by atoms with Crippen LogP contribution in [0.3, 0.4) is 0 Å². The van der Waals surface area contributed by atoms with Crippen LogP contribution >= 0.6 is 0 Å². The van der Waals surface area contributed by atoms with Crippen molar-refractivity contribution in [3.8, 4) is 11.3 Å². The van der Waals surface area contributed by atoms with E-state index in [0.29, 0.717) is 16.8 Å². The zero-order valence-corrected chi connectivity index (χ0v) is 13.7. The van der Waals surface area contributed by atoms with Crippen LogP contribution in [-0.4, -0.2) is 11.8 Å². The summed E-state index contributed by atoms with van der Waals surface area (Å²) in [4.78, 5) is 23.6. The third-order valence-corrected chi connectivity index (χ3v) is 4.14. The molecule has 0 saturated heterocycles. The van der Waals surface area contributed by atoms with Gasteiger partial charge in [-0.15, -0.1) is 0 Å². The van der Waals surface area contributed by atoms with Crippen LogP contribution < -0.4 is 16.4 Å². The molecule has 3 aromatic rings. The standard InChI is InChI=1S/C20H15N3O3/c21-19(24)13-3-1-4-14(9-13)22-11-16-15-7-6-12(18-5-2-8-26-18)10-17(15)23-20(16)25/h1-11,22H,(H2,21,24)(H,23,25)/b16-11-. The van der Waals surface area contributed by atoms with Crippen molar-refractivity contribution in [1.29, 1.82) is 0 Å². The molecule has 6 nitrogen and oxygen atoms in total. The number of amides is 2. The molecule has 1 aromatic heterocycles. The number of carbonyl (C=O) groups is 2. The molecule has 0 saturated carbocycles. The summed E-state index contributed by atoms with van der Waals surface area (Å²) < 4.78 is 5.39. The SMILES string of the molecule is NC(=O)c1cccc(N/C=C2\C(=O)Nc3cc(-c4ccco4)ccc32)c1. The minimum atomic E-state index is -0.504. The normalized spacial score (nSPS) is 14.2. The van der Waals surface area contributed by atoms with Gasteiger partial charge in [-0.25, -0.2) is 0 Å². The Morgan fingerprint density at radius 1 is 1.12 bits per heavy atom. The lowest BCUT2D eigenvalue weighted by Crippen LogP contribution is -2.11. The lowest BCUT2D eigenvalue weighted by Gasteiger charge is -2.04. The second-order valence-corrected chi connectivity index (χ2v) is 5.84. The third-order valence-electron chi connectivity index (χ3n) is 4.14. The minimum absolute atomic E-state index is 0.199. The average Bonchev–Trinajstić information content (AvgIpc) is 3.27. The molecule has 4 rings (SSSR count). The fraction of sp³-hybridized carbons (Fsp3) is 0. The Morgan fingerprint density at radius 3 is 2.77 bits per heavy atom. The van der Waals surface area contributed by atoms with E-state index in [4.69, 9.17) is 10.2 Å². The number of nitrogens with one attached hydrogen (secondary N) is 2. The first kappa shape index (κ1) is 15.7. The van der Waals surface area contributed by atoms with Crippen molar-refractivity contribution in [1.82, 2.24) is 0 Å². The van der Waals surface area contributed by atoms with E-state index in [0.717, 1.165) is 22.6 Å². The highest BCUT2D eigenvalue weighted by Crippen LogP contribution is 2.35. The maximum absolute atomic E-state index is 12.3. The number of primary amides is 1. The summed E-state index contributed by atoms with van der Waals surface area (Å²) in [5.74, 6) is 0.0340. The van der Waals surface area contributed by atoms with Gasteiger partial charge in [0.2, 0.25) is 5.91 Å². The molecule has 6 heteroatoms. The van der Waals surface area contributed by atoms with E-state index in [2.05, 4.69) is 10.6 Å². The highest BCUT2D eigenvalue weighted by atomic mass is 16.3. The van der Waals surface area contributed by atoms with Gasteiger partial charge < -0.3 is 20.8 Å². The molecule has 2 heterocycles. The number of fused-ring (bicyclic) bond motifs is 1. The summed E-state index contributed by atoms with van der Waals surface area (Å²) in [6.45, 7) is 0. The number of benzene rings is 2. The van der Waals surface area contributed by atoms with Crippen LogP contribution in [0.1, 0.15) is 15.9 Å². The Hall–Kier alpha value is -3.80. The topological polar surface area (TPSA) is 97.4 Å². The van der Waals surface area contributed by atoms with E-state index in [1.807, 2.05) is 30.3 Å². The molecule has 0 aliphatic carbocycles. The van der Waals surface area contributed by atoms with E-state index in [1.165, 1.54) is 0 Å². The van der Waals surface area contributed by atoms with Crippen LogP contribution in [0, 0.1) is 0 Å². The van der Waals surface area contributed by atoms with Gasteiger partial charge in [-0.2, -0.15) is 0 Å². The Kier molecular flexibility index (Phi) is 3.78. The highest BCUT2D eigenvalue weighted by Gasteiger charge is 2.24. The quantitative estimate of drug-likeness (QED) is 0.631. The van der Waals surface area contributed by atoms with Gasteiger partial charge in [-0.05, 0) is 36.4 Å². The second-order valence-electron chi connectivity index (χ2n) is 5.84. The highest BCUT2D eigenvalue weighted by molar-refractivity contribution is 6.31. The lowest BCUT2D eigenvalue weighted by atomic mass is 10.0. The van der Waals surface area contributed by atoms with Crippen molar-refractivity contribution < 1.29 is 14.0 Å². The number of hydrogen-bond acceptors (Lipinski definition) is 4.